The Morgan fingerprint density at radius 1 is 0.614 bits per heavy atom. The smallest absolute Gasteiger partial charge is 0.258 e. The van der Waals surface area contributed by atoms with Gasteiger partial charge >= 0.3 is 0 Å². The summed E-state index contributed by atoms with van der Waals surface area (Å²) < 4.78 is 35.9. The summed E-state index contributed by atoms with van der Waals surface area (Å²) in [7, 11) is -3.69. The number of para-hydroxylation sites is 1. The van der Waals surface area contributed by atoms with Crippen LogP contribution in [-0.2, 0) is 20.7 Å². The number of benzene rings is 3. The SMILES string of the molecule is CC(C)(C)S(=O)(=O)c1ccccc1[N+](=O)[O-].CC(C)(C)c1ccc(F)cc1[N+](=O)[O-].Cc1ccc(C(C)(C)C)c([N+](=O)[O-])c1. The van der Waals surface area contributed by atoms with Crippen LogP contribution in [0.2, 0.25) is 0 Å². The van der Waals surface area contributed by atoms with Gasteiger partial charge in [0.15, 0.2) is 9.84 Å². The highest BCUT2D eigenvalue weighted by Crippen LogP contribution is 2.33. The highest BCUT2D eigenvalue weighted by molar-refractivity contribution is 7.92. The van der Waals surface area contributed by atoms with Crippen molar-refractivity contribution in [3.05, 3.63) is 114 Å². The van der Waals surface area contributed by atoms with Gasteiger partial charge in [0.25, 0.3) is 17.1 Å². The fraction of sp³-hybridized carbons (Fsp3) is 0.419. The summed E-state index contributed by atoms with van der Waals surface area (Å²) in [5.74, 6) is -0.579. The van der Waals surface area contributed by atoms with E-state index < -0.39 is 30.2 Å². The molecular formula is C31H40FN3O8S. The summed E-state index contributed by atoms with van der Waals surface area (Å²) in [5, 5.41) is 32.2. The number of halogens is 1. The van der Waals surface area contributed by atoms with E-state index in [1.807, 2.05) is 60.6 Å². The number of hydrogen-bond donors (Lipinski definition) is 0. The van der Waals surface area contributed by atoms with Crippen LogP contribution in [0.3, 0.4) is 0 Å². The molecule has 3 rings (SSSR count). The molecule has 0 atom stereocenters. The van der Waals surface area contributed by atoms with Gasteiger partial charge in [-0.05, 0) is 62.3 Å². The van der Waals surface area contributed by atoms with E-state index in [0.717, 1.165) is 17.2 Å². The predicted molar refractivity (Wildman–Crippen MR) is 168 cm³/mol. The zero-order valence-electron chi connectivity index (χ0n) is 26.7. The second-order valence-electron chi connectivity index (χ2n) is 13.0. The summed E-state index contributed by atoms with van der Waals surface area (Å²) in [6, 6.07) is 14.4. The maximum atomic E-state index is 12.8. The number of nitrogens with zero attached hydrogens (tertiary/aromatic N) is 3. The molecule has 11 nitrogen and oxygen atoms in total. The second-order valence-corrected chi connectivity index (χ2v) is 15.7. The Labute approximate surface area is 257 Å². The van der Waals surface area contributed by atoms with Crippen LogP contribution >= 0.6 is 0 Å². The first kappa shape index (κ1) is 37.8. The molecule has 3 aromatic carbocycles. The van der Waals surface area contributed by atoms with Crippen molar-refractivity contribution in [2.45, 2.75) is 89.7 Å². The number of hydrogen-bond acceptors (Lipinski definition) is 8. The molecule has 0 aliphatic rings. The van der Waals surface area contributed by atoms with Gasteiger partial charge in [-0.15, -0.1) is 0 Å². The first-order chi connectivity index (χ1) is 19.8. The van der Waals surface area contributed by atoms with Crippen molar-refractivity contribution in [1.82, 2.24) is 0 Å². The maximum absolute atomic E-state index is 12.8. The zero-order valence-corrected chi connectivity index (χ0v) is 27.5. The third-order valence-electron chi connectivity index (χ3n) is 6.28. The summed E-state index contributed by atoms with van der Waals surface area (Å²) in [4.78, 5) is 30.4. The highest BCUT2D eigenvalue weighted by Gasteiger charge is 2.36. The van der Waals surface area contributed by atoms with Crippen molar-refractivity contribution in [3.63, 3.8) is 0 Å². The molecule has 44 heavy (non-hydrogen) atoms. The first-order valence-electron chi connectivity index (χ1n) is 13.5. The van der Waals surface area contributed by atoms with Crippen LogP contribution in [0.1, 0.15) is 79.0 Å². The lowest BCUT2D eigenvalue weighted by atomic mass is 9.85. The minimum atomic E-state index is -3.69. The maximum Gasteiger partial charge on any atom is 0.287 e. The van der Waals surface area contributed by atoms with Gasteiger partial charge in [-0.1, -0.05) is 65.8 Å². The van der Waals surface area contributed by atoms with Crippen LogP contribution in [0.4, 0.5) is 21.5 Å². The normalized spacial score (nSPS) is 11.8. The van der Waals surface area contributed by atoms with Crippen LogP contribution in [0, 0.1) is 43.1 Å². The van der Waals surface area contributed by atoms with Gasteiger partial charge in [0.1, 0.15) is 10.7 Å². The Kier molecular flexibility index (Phi) is 12.0. The van der Waals surface area contributed by atoms with E-state index in [9.17, 15) is 43.2 Å². The third kappa shape index (κ3) is 9.90. The number of rotatable bonds is 4. The summed E-state index contributed by atoms with van der Waals surface area (Å²) in [6.45, 7) is 17.9. The molecule has 0 aliphatic heterocycles. The molecule has 0 heterocycles. The van der Waals surface area contributed by atoms with Crippen LogP contribution < -0.4 is 0 Å². The second kappa shape index (κ2) is 14.0. The van der Waals surface area contributed by atoms with Gasteiger partial charge in [0.2, 0.25) is 0 Å². The molecule has 0 amide bonds. The van der Waals surface area contributed by atoms with Gasteiger partial charge < -0.3 is 0 Å². The van der Waals surface area contributed by atoms with Crippen molar-refractivity contribution in [2.75, 3.05) is 0 Å². The molecule has 0 fully saturated rings. The minimum absolute atomic E-state index is 0.155. The Morgan fingerprint density at radius 2 is 1.02 bits per heavy atom. The van der Waals surface area contributed by atoms with Gasteiger partial charge in [-0.2, -0.15) is 0 Å². The molecule has 13 heteroatoms. The Bertz CT molecular complexity index is 1560. The van der Waals surface area contributed by atoms with Crippen molar-refractivity contribution >= 4 is 26.9 Å². The molecular weight excluding hydrogens is 593 g/mol. The first-order valence-corrected chi connectivity index (χ1v) is 15.0. The third-order valence-corrected chi connectivity index (χ3v) is 8.82. The van der Waals surface area contributed by atoms with E-state index >= 15 is 0 Å². The average molecular weight is 634 g/mol. The molecule has 0 aromatic heterocycles. The Morgan fingerprint density at radius 3 is 1.43 bits per heavy atom. The quantitative estimate of drug-likeness (QED) is 0.204. The minimum Gasteiger partial charge on any atom is -0.258 e. The largest absolute Gasteiger partial charge is 0.287 e. The predicted octanol–water partition coefficient (Wildman–Crippen LogP) is 8.40. The zero-order chi connectivity index (χ0) is 34.4. The molecule has 0 saturated heterocycles. The van der Waals surface area contributed by atoms with Gasteiger partial charge in [0, 0.05) is 23.3 Å². The fourth-order valence-corrected chi connectivity index (χ4v) is 5.22. The van der Waals surface area contributed by atoms with E-state index in [0.29, 0.717) is 5.56 Å². The Balaban J connectivity index is 0.000000331. The lowest BCUT2D eigenvalue weighted by Crippen LogP contribution is -2.28. The summed E-state index contributed by atoms with van der Waals surface area (Å²) >= 11 is 0. The van der Waals surface area contributed by atoms with Crippen LogP contribution in [0.5, 0.6) is 0 Å². The van der Waals surface area contributed by atoms with Crippen molar-refractivity contribution in [1.29, 1.82) is 0 Å². The summed E-state index contributed by atoms with van der Waals surface area (Å²) in [6.07, 6.45) is 0. The molecule has 3 aromatic rings. The van der Waals surface area contributed by atoms with E-state index in [1.54, 1.807) is 6.07 Å². The topological polar surface area (TPSA) is 164 Å². The fourth-order valence-electron chi connectivity index (χ4n) is 3.88. The van der Waals surface area contributed by atoms with Gasteiger partial charge in [0.05, 0.1) is 25.6 Å². The number of sulfone groups is 1. The molecule has 0 unspecified atom stereocenters. The van der Waals surface area contributed by atoms with Crippen LogP contribution in [0.15, 0.2) is 65.6 Å². The van der Waals surface area contributed by atoms with Crippen molar-refractivity contribution in [3.8, 4) is 0 Å². The van der Waals surface area contributed by atoms with Gasteiger partial charge in [-0.3, -0.25) is 30.3 Å². The van der Waals surface area contributed by atoms with Crippen LogP contribution in [0.25, 0.3) is 0 Å². The lowest BCUT2D eigenvalue weighted by molar-refractivity contribution is -0.387. The van der Waals surface area contributed by atoms with E-state index in [1.165, 1.54) is 57.2 Å². The number of nitro groups is 3. The standard InChI is InChI=1S/C11H15NO2.C10H12FNO2.C10H13NO4S/c1-8-5-6-9(11(2,3)4)10(7-8)12(13)14;1-10(2,3)8-5-4-7(11)6-9(8)12(13)14;1-10(2,3)16(14,15)9-7-5-4-6-8(9)11(12)13/h5-7H,1-4H3;4-6H,1-3H3;4-7H,1-3H3. The van der Waals surface area contributed by atoms with Gasteiger partial charge in [-0.25, -0.2) is 12.8 Å². The molecule has 0 N–H and O–H groups in total. The highest BCUT2D eigenvalue weighted by atomic mass is 32.2. The molecule has 0 spiro atoms. The summed E-state index contributed by atoms with van der Waals surface area (Å²) in [5.41, 5.74) is 1.40. The number of nitro benzene ring substituents is 3. The average Bonchev–Trinajstić information content (AvgIpc) is 2.87. The van der Waals surface area contributed by atoms with Crippen LogP contribution in [-0.4, -0.2) is 27.9 Å². The Hall–Kier alpha value is -4.26. The lowest BCUT2D eigenvalue weighted by Gasteiger charge is -2.18. The molecule has 0 saturated carbocycles. The molecule has 0 bridgehead atoms. The van der Waals surface area contributed by atoms with Crippen molar-refractivity contribution in [2.24, 2.45) is 0 Å². The van der Waals surface area contributed by atoms with E-state index in [2.05, 4.69) is 0 Å². The molecule has 240 valence electrons. The van der Waals surface area contributed by atoms with E-state index in [4.69, 9.17) is 0 Å². The molecule has 0 radical (unpaired) electrons. The number of aryl methyl sites for hydroxylation is 1. The molecule has 0 aliphatic carbocycles. The monoisotopic (exact) mass is 633 g/mol. The van der Waals surface area contributed by atoms with Crippen molar-refractivity contribution < 1.29 is 27.6 Å². The van der Waals surface area contributed by atoms with E-state index in [-0.39, 0.29) is 37.7 Å².